The number of aryl methyl sites for hydroxylation is 1. The Hall–Kier alpha value is -2.76. The van der Waals surface area contributed by atoms with Gasteiger partial charge in [0.15, 0.2) is 0 Å². The van der Waals surface area contributed by atoms with Crippen LogP contribution in [0.2, 0.25) is 0 Å². The predicted molar refractivity (Wildman–Crippen MR) is 74.0 cm³/mol. The summed E-state index contributed by atoms with van der Waals surface area (Å²) < 4.78 is 7.35. The Balaban J connectivity index is 2.27. The molecule has 0 radical (unpaired) electrons. The molecule has 0 atom stereocenters. The van der Waals surface area contributed by atoms with Gasteiger partial charge in [0.1, 0.15) is 11.4 Å². The maximum atomic E-state index is 10.9. The molecule has 0 unspecified atom stereocenters. The molecule has 0 bridgehead atoms. The van der Waals surface area contributed by atoms with Crippen molar-refractivity contribution in [3.05, 3.63) is 36.2 Å². The number of methoxy groups -OCH3 is 1. The summed E-state index contributed by atoms with van der Waals surface area (Å²) in [4.78, 5) is 10.9. The van der Waals surface area contributed by atoms with E-state index in [0.717, 1.165) is 22.2 Å². The average molecular weight is 271 g/mol. The number of aromatic amines is 1. The van der Waals surface area contributed by atoms with Gasteiger partial charge in [0, 0.05) is 18.8 Å². The van der Waals surface area contributed by atoms with Gasteiger partial charge < -0.3 is 14.4 Å². The largest absolute Gasteiger partial charge is 0.496 e. The van der Waals surface area contributed by atoms with Crippen LogP contribution in [0.5, 0.6) is 5.75 Å². The Morgan fingerprint density at radius 3 is 2.90 bits per heavy atom. The van der Waals surface area contributed by atoms with Gasteiger partial charge in [0.05, 0.1) is 23.7 Å². The number of hydrogen-bond donors (Lipinski definition) is 2. The molecule has 3 rings (SSSR count). The highest BCUT2D eigenvalue weighted by Gasteiger charge is 2.16. The number of benzene rings is 1. The van der Waals surface area contributed by atoms with Gasteiger partial charge in [-0.05, 0) is 18.2 Å². The number of carbonyl (C=O) groups is 1. The van der Waals surface area contributed by atoms with E-state index in [1.165, 1.54) is 6.07 Å². The number of hydrogen-bond acceptors (Lipinski definition) is 3. The summed E-state index contributed by atoms with van der Waals surface area (Å²) in [7, 11) is 3.54. The molecule has 0 spiro atoms. The summed E-state index contributed by atoms with van der Waals surface area (Å²) in [5, 5.41) is 16.5. The first kappa shape index (κ1) is 12.3. The first-order chi connectivity index (χ1) is 9.61. The van der Waals surface area contributed by atoms with Crippen molar-refractivity contribution in [3.8, 4) is 17.0 Å². The smallest absolute Gasteiger partial charge is 0.353 e. The molecule has 6 nitrogen and oxygen atoms in total. The normalized spacial score (nSPS) is 10.9. The lowest BCUT2D eigenvalue weighted by Crippen LogP contribution is -1.95. The molecule has 0 fully saturated rings. The highest BCUT2D eigenvalue weighted by atomic mass is 16.5. The minimum Gasteiger partial charge on any atom is -0.496 e. The number of nitrogens with one attached hydrogen (secondary N) is 1. The summed E-state index contributed by atoms with van der Waals surface area (Å²) in [6.07, 6.45) is 1.91. The molecule has 0 saturated heterocycles. The van der Waals surface area contributed by atoms with E-state index >= 15 is 0 Å². The SMILES string of the molecule is COc1cccc2c1c(-c1cc(C(=O)O)[nH]n1)cn2C. The Bertz CT molecular complexity index is 801. The van der Waals surface area contributed by atoms with E-state index < -0.39 is 5.97 Å². The molecule has 1 aromatic carbocycles. The van der Waals surface area contributed by atoms with Gasteiger partial charge in [-0.15, -0.1) is 0 Å². The number of H-pyrrole nitrogens is 1. The molecular formula is C14H13N3O3. The van der Waals surface area contributed by atoms with Crippen molar-refractivity contribution in [2.24, 2.45) is 7.05 Å². The summed E-state index contributed by atoms with van der Waals surface area (Å²) >= 11 is 0. The van der Waals surface area contributed by atoms with Gasteiger partial charge in [-0.25, -0.2) is 4.79 Å². The Morgan fingerprint density at radius 1 is 1.45 bits per heavy atom. The topological polar surface area (TPSA) is 80.1 Å². The fourth-order valence-corrected chi connectivity index (χ4v) is 2.35. The fourth-order valence-electron chi connectivity index (χ4n) is 2.35. The lowest BCUT2D eigenvalue weighted by Gasteiger charge is -2.03. The number of carboxylic acid groups (broad SMARTS) is 1. The van der Waals surface area contributed by atoms with Gasteiger partial charge in [0.2, 0.25) is 0 Å². The lowest BCUT2D eigenvalue weighted by molar-refractivity contribution is 0.0690. The lowest BCUT2D eigenvalue weighted by atomic mass is 10.1. The van der Waals surface area contributed by atoms with E-state index in [4.69, 9.17) is 9.84 Å². The minimum absolute atomic E-state index is 0.0619. The van der Waals surface area contributed by atoms with E-state index in [-0.39, 0.29) is 5.69 Å². The van der Waals surface area contributed by atoms with E-state index in [1.54, 1.807) is 7.11 Å². The van der Waals surface area contributed by atoms with Gasteiger partial charge >= 0.3 is 5.97 Å². The average Bonchev–Trinajstić information content (AvgIpc) is 3.04. The number of aromatic nitrogens is 3. The van der Waals surface area contributed by atoms with Crippen molar-refractivity contribution in [1.29, 1.82) is 0 Å². The van der Waals surface area contributed by atoms with Gasteiger partial charge in [-0.3, -0.25) is 5.10 Å². The van der Waals surface area contributed by atoms with Crippen LogP contribution in [0, 0.1) is 0 Å². The Morgan fingerprint density at radius 2 is 2.25 bits per heavy atom. The predicted octanol–water partition coefficient (Wildman–Crippen LogP) is 2.28. The first-order valence-electron chi connectivity index (χ1n) is 6.03. The quantitative estimate of drug-likeness (QED) is 0.765. The number of carboxylic acids is 1. The second-order valence-corrected chi connectivity index (χ2v) is 4.48. The summed E-state index contributed by atoms with van der Waals surface area (Å²) in [5.74, 6) is -0.297. The van der Waals surface area contributed by atoms with Crippen molar-refractivity contribution < 1.29 is 14.6 Å². The molecular weight excluding hydrogens is 258 g/mol. The summed E-state index contributed by atoms with van der Waals surface area (Å²) in [5.41, 5.74) is 2.48. The fraction of sp³-hybridized carbons (Fsp3) is 0.143. The zero-order valence-corrected chi connectivity index (χ0v) is 11.0. The van der Waals surface area contributed by atoms with Crippen LogP contribution in [-0.2, 0) is 7.05 Å². The number of nitrogens with zero attached hydrogens (tertiary/aromatic N) is 2. The molecule has 0 amide bonds. The molecule has 102 valence electrons. The molecule has 2 heterocycles. The number of fused-ring (bicyclic) bond motifs is 1. The highest BCUT2D eigenvalue weighted by molar-refractivity contribution is 6.00. The maximum absolute atomic E-state index is 10.9. The van der Waals surface area contributed by atoms with Crippen molar-refractivity contribution in [1.82, 2.24) is 14.8 Å². The van der Waals surface area contributed by atoms with Crippen LogP contribution in [-0.4, -0.2) is 33.0 Å². The minimum atomic E-state index is -1.03. The summed E-state index contributed by atoms with van der Waals surface area (Å²) in [6, 6.07) is 7.28. The zero-order valence-electron chi connectivity index (χ0n) is 11.0. The first-order valence-corrected chi connectivity index (χ1v) is 6.03. The molecule has 3 aromatic rings. The monoisotopic (exact) mass is 271 g/mol. The van der Waals surface area contributed by atoms with E-state index in [0.29, 0.717) is 5.69 Å². The second-order valence-electron chi connectivity index (χ2n) is 4.48. The molecule has 6 heteroatoms. The van der Waals surface area contributed by atoms with E-state index in [1.807, 2.05) is 36.0 Å². The van der Waals surface area contributed by atoms with Gasteiger partial charge in [-0.1, -0.05) is 6.07 Å². The molecule has 0 aliphatic rings. The van der Waals surface area contributed by atoms with Crippen molar-refractivity contribution in [3.63, 3.8) is 0 Å². The zero-order chi connectivity index (χ0) is 14.3. The van der Waals surface area contributed by atoms with E-state index in [2.05, 4.69) is 10.2 Å². The van der Waals surface area contributed by atoms with Crippen LogP contribution in [0.25, 0.3) is 22.2 Å². The Kier molecular flexibility index (Phi) is 2.71. The second kappa shape index (κ2) is 4.41. The number of ether oxygens (including phenoxy) is 1. The third kappa shape index (κ3) is 1.73. The molecule has 2 aromatic heterocycles. The van der Waals surface area contributed by atoms with Crippen molar-refractivity contribution >= 4 is 16.9 Å². The maximum Gasteiger partial charge on any atom is 0.353 e. The molecule has 0 aliphatic carbocycles. The Labute approximate surface area is 114 Å². The number of aromatic carboxylic acids is 1. The van der Waals surface area contributed by atoms with E-state index in [9.17, 15) is 4.79 Å². The van der Waals surface area contributed by atoms with Crippen LogP contribution in [0.3, 0.4) is 0 Å². The molecule has 0 saturated carbocycles. The van der Waals surface area contributed by atoms with Crippen LogP contribution in [0.15, 0.2) is 30.5 Å². The molecule has 20 heavy (non-hydrogen) atoms. The van der Waals surface area contributed by atoms with Crippen molar-refractivity contribution in [2.45, 2.75) is 0 Å². The van der Waals surface area contributed by atoms with Crippen LogP contribution in [0.4, 0.5) is 0 Å². The van der Waals surface area contributed by atoms with Crippen LogP contribution in [0.1, 0.15) is 10.5 Å². The van der Waals surface area contributed by atoms with Gasteiger partial charge in [-0.2, -0.15) is 5.10 Å². The van der Waals surface area contributed by atoms with Crippen LogP contribution >= 0.6 is 0 Å². The molecule has 0 aliphatic heterocycles. The standard InChI is InChI=1S/C14H13N3O3/c1-17-7-8(9-6-10(14(18)19)16-15-9)13-11(17)4-3-5-12(13)20-2/h3-7H,1-2H3,(H,15,16)(H,18,19). The number of rotatable bonds is 3. The van der Waals surface area contributed by atoms with Gasteiger partial charge in [0.25, 0.3) is 0 Å². The summed E-state index contributed by atoms with van der Waals surface area (Å²) in [6.45, 7) is 0. The van der Waals surface area contributed by atoms with Crippen molar-refractivity contribution in [2.75, 3.05) is 7.11 Å². The van der Waals surface area contributed by atoms with Crippen LogP contribution < -0.4 is 4.74 Å². The third-order valence-corrected chi connectivity index (χ3v) is 3.28. The third-order valence-electron chi connectivity index (χ3n) is 3.28. The highest BCUT2D eigenvalue weighted by Crippen LogP contribution is 2.35. The molecule has 2 N–H and O–H groups in total.